The van der Waals surface area contributed by atoms with Crippen molar-refractivity contribution >= 4 is 11.7 Å². The van der Waals surface area contributed by atoms with Gasteiger partial charge < -0.3 is 14.8 Å². The lowest BCUT2D eigenvalue weighted by atomic mass is 9.88. The molecule has 18 heavy (non-hydrogen) atoms. The number of anilines is 1. The molecule has 3 atom stereocenters. The van der Waals surface area contributed by atoms with Gasteiger partial charge >= 0.3 is 5.97 Å². The van der Waals surface area contributed by atoms with Crippen LogP contribution in [0.1, 0.15) is 24.3 Å². The Labute approximate surface area is 106 Å². The summed E-state index contributed by atoms with van der Waals surface area (Å²) in [6.07, 6.45) is 1.88. The van der Waals surface area contributed by atoms with E-state index in [0.29, 0.717) is 6.04 Å². The molecule has 1 aromatic carbocycles. The van der Waals surface area contributed by atoms with Gasteiger partial charge in [-0.15, -0.1) is 0 Å². The fourth-order valence-electron chi connectivity index (χ4n) is 3.37. The molecule has 0 radical (unpaired) electrons. The number of carbonyl (C=O) groups excluding carboxylic acids is 1. The molecule has 1 aromatic rings. The van der Waals surface area contributed by atoms with Crippen LogP contribution in [0.5, 0.6) is 5.75 Å². The third kappa shape index (κ3) is 1.48. The Hall–Kier alpha value is -1.71. The van der Waals surface area contributed by atoms with Gasteiger partial charge in [0.05, 0.1) is 20.1 Å². The van der Waals surface area contributed by atoms with Crippen LogP contribution in [-0.2, 0) is 9.53 Å². The van der Waals surface area contributed by atoms with E-state index in [1.165, 1.54) is 7.11 Å². The van der Waals surface area contributed by atoms with Crippen molar-refractivity contribution in [2.75, 3.05) is 19.5 Å². The van der Waals surface area contributed by atoms with Gasteiger partial charge in [0.25, 0.3) is 0 Å². The van der Waals surface area contributed by atoms with E-state index in [4.69, 9.17) is 9.47 Å². The van der Waals surface area contributed by atoms with Crippen LogP contribution in [0, 0.1) is 5.92 Å². The van der Waals surface area contributed by atoms with Gasteiger partial charge in [-0.2, -0.15) is 0 Å². The second kappa shape index (κ2) is 4.19. The molecule has 0 saturated heterocycles. The fraction of sp³-hybridized carbons (Fsp3) is 0.500. The van der Waals surface area contributed by atoms with Crippen molar-refractivity contribution in [1.29, 1.82) is 0 Å². The minimum Gasteiger partial charge on any atom is -0.496 e. The standard InChI is InChI=1S/C14H17NO3/c1-17-11-5-3-4-9-13(11)12-8(14(16)18-2)6-7-10(12)15-9/h3-5,8,10,12,15H,6-7H2,1-2H3. The molecule has 96 valence electrons. The second-order valence-corrected chi connectivity index (χ2v) is 4.91. The predicted molar refractivity (Wildman–Crippen MR) is 67.9 cm³/mol. The molecule has 1 saturated carbocycles. The van der Waals surface area contributed by atoms with Gasteiger partial charge in [-0.25, -0.2) is 0 Å². The van der Waals surface area contributed by atoms with Crippen LogP contribution in [0.4, 0.5) is 5.69 Å². The summed E-state index contributed by atoms with van der Waals surface area (Å²) in [5, 5.41) is 3.49. The van der Waals surface area contributed by atoms with Crippen LogP contribution in [-0.4, -0.2) is 26.2 Å². The number of esters is 1. The fourth-order valence-corrected chi connectivity index (χ4v) is 3.37. The van der Waals surface area contributed by atoms with Crippen LogP contribution in [0.25, 0.3) is 0 Å². The first-order valence-corrected chi connectivity index (χ1v) is 6.27. The normalized spacial score (nSPS) is 28.2. The van der Waals surface area contributed by atoms with Crippen LogP contribution < -0.4 is 10.1 Å². The lowest BCUT2D eigenvalue weighted by Crippen LogP contribution is -2.23. The number of hydrogen-bond donors (Lipinski definition) is 1. The largest absolute Gasteiger partial charge is 0.496 e. The lowest BCUT2D eigenvalue weighted by Gasteiger charge is -2.18. The van der Waals surface area contributed by atoms with Crippen molar-refractivity contribution in [3.05, 3.63) is 23.8 Å². The Morgan fingerprint density at radius 3 is 2.89 bits per heavy atom. The Kier molecular flexibility index (Phi) is 2.65. The van der Waals surface area contributed by atoms with Crippen LogP contribution in [0.2, 0.25) is 0 Å². The van der Waals surface area contributed by atoms with Crippen molar-refractivity contribution in [3.63, 3.8) is 0 Å². The average Bonchev–Trinajstić information content (AvgIpc) is 2.95. The van der Waals surface area contributed by atoms with Gasteiger partial charge in [-0.05, 0) is 25.0 Å². The molecule has 0 bridgehead atoms. The number of fused-ring (bicyclic) bond motifs is 3. The predicted octanol–water partition coefficient (Wildman–Crippen LogP) is 2.16. The number of hydrogen-bond acceptors (Lipinski definition) is 4. The van der Waals surface area contributed by atoms with E-state index in [9.17, 15) is 4.79 Å². The molecule has 4 nitrogen and oxygen atoms in total. The van der Waals surface area contributed by atoms with E-state index in [1.807, 2.05) is 18.2 Å². The van der Waals surface area contributed by atoms with E-state index < -0.39 is 0 Å². The first kappa shape index (κ1) is 11.4. The van der Waals surface area contributed by atoms with Gasteiger partial charge in [-0.3, -0.25) is 4.79 Å². The van der Waals surface area contributed by atoms with E-state index >= 15 is 0 Å². The third-order valence-electron chi connectivity index (χ3n) is 4.12. The van der Waals surface area contributed by atoms with E-state index in [1.54, 1.807) is 7.11 Å². The van der Waals surface area contributed by atoms with Crippen molar-refractivity contribution in [2.45, 2.75) is 24.8 Å². The summed E-state index contributed by atoms with van der Waals surface area (Å²) in [5.74, 6) is 0.889. The van der Waals surface area contributed by atoms with Crippen LogP contribution in [0.15, 0.2) is 18.2 Å². The second-order valence-electron chi connectivity index (χ2n) is 4.91. The number of ether oxygens (including phenoxy) is 2. The zero-order chi connectivity index (χ0) is 12.7. The summed E-state index contributed by atoms with van der Waals surface area (Å²) >= 11 is 0. The molecule has 3 rings (SSSR count). The summed E-state index contributed by atoms with van der Waals surface area (Å²) in [6.45, 7) is 0. The molecule has 1 aliphatic heterocycles. The molecule has 1 heterocycles. The quantitative estimate of drug-likeness (QED) is 0.813. The molecule has 2 aliphatic rings. The molecule has 0 spiro atoms. The number of benzene rings is 1. The van der Waals surface area contributed by atoms with Crippen LogP contribution in [0.3, 0.4) is 0 Å². The lowest BCUT2D eigenvalue weighted by molar-refractivity contribution is -0.145. The molecule has 1 aliphatic carbocycles. The highest BCUT2D eigenvalue weighted by Gasteiger charge is 2.47. The summed E-state index contributed by atoms with van der Waals surface area (Å²) in [5.41, 5.74) is 2.23. The van der Waals surface area contributed by atoms with Gasteiger partial charge in [0.2, 0.25) is 0 Å². The SMILES string of the molecule is COC(=O)C1CCC2Nc3cccc(OC)c3C21. The zero-order valence-corrected chi connectivity index (χ0v) is 10.6. The molecular weight excluding hydrogens is 230 g/mol. The topological polar surface area (TPSA) is 47.6 Å². The Morgan fingerprint density at radius 2 is 2.17 bits per heavy atom. The molecule has 0 aromatic heterocycles. The minimum absolute atomic E-state index is 0.0509. The van der Waals surface area contributed by atoms with Gasteiger partial charge in [0, 0.05) is 23.2 Å². The molecule has 4 heteroatoms. The first-order valence-electron chi connectivity index (χ1n) is 6.27. The monoisotopic (exact) mass is 247 g/mol. The van der Waals surface area contributed by atoms with Gasteiger partial charge in [0.1, 0.15) is 5.75 Å². The molecular formula is C14H17NO3. The van der Waals surface area contributed by atoms with Crippen LogP contribution >= 0.6 is 0 Å². The third-order valence-corrected chi connectivity index (χ3v) is 4.12. The molecule has 0 amide bonds. The van der Waals surface area contributed by atoms with E-state index in [-0.39, 0.29) is 17.8 Å². The number of nitrogens with one attached hydrogen (secondary N) is 1. The van der Waals surface area contributed by atoms with Crippen molar-refractivity contribution in [1.82, 2.24) is 0 Å². The van der Waals surface area contributed by atoms with Gasteiger partial charge in [-0.1, -0.05) is 6.07 Å². The minimum atomic E-state index is -0.108. The maximum Gasteiger partial charge on any atom is 0.309 e. The maximum atomic E-state index is 11.9. The Morgan fingerprint density at radius 1 is 1.33 bits per heavy atom. The summed E-state index contributed by atoms with van der Waals surface area (Å²) in [6, 6.07) is 6.30. The van der Waals surface area contributed by atoms with E-state index in [2.05, 4.69) is 5.32 Å². The van der Waals surface area contributed by atoms with Crippen molar-refractivity contribution in [2.24, 2.45) is 5.92 Å². The Bertz CT molecular complexity index is 486. The first-order chi connectivity index (χ1) is 8.76. The Balaban J connectivity index is 2.03. The highest BCUT2D eigenvalue weighted by Crippen LogP contribution is 2.52. The highest BCUT2D eigenvalue weighted by atomic mass is 16.5. The number of methoxy groups -OCH3 is 2. The zero-order valence-electron chi connectivity index (χ0n) is 10.6. The molecule has 1 fully saturated rings. The highest BCUT2D eigenvalue weighted by molar-refractivity contribution is 5.78. The van der Waals surface area contributed by atoms with Crippen molar-refractivity contribution < 1.29 is 14.3 Å². The maximum absolute atomic E-state index is 11.9. The van der Waals surface area contributed by atoms with E-state index in [0.717, 1.165) is 29.8 Å². The summed E-state index contributed by atoms with van der Waals surface area (Å²) in [4.78, 5) is 11.9. The number of rotatable bonds is 2. The molecule has 1 N–H and O–H groups in total. The molecule has 3 unspecified atom stereocenters. The number of carbonyl (C=O) groups is 1. The summed E-state index contributed by atoms with van der Waals surface area (Å²) in [7, 11) is 3.13. The van der Waals surface area contributed by atoms with Gasteiger partial charge in [0.15, 0.2) is 0 Å². The smallest absolute Gasteiger partial charge is 0.309 e. The summed E-state index contributed by atoms with van der Waals surface area (Å²) < 4.78 is 10.4. The average molecular weight is 247 g/mol. The van der Waals surface area contributed by atoms with Crippen molar-refractivity contribution in [3.8, 4) is 5.75 Å².